The van der Waals surface area contributed by atoms with Crippen LogP contribution in [-0.4, -0.2) is 35.0 Å². The van der Waals surface area contributed by atoms with Crippen LogP contribution in [0.3, 0.4) is 0 Å². The summed E-state index contributed by atoms with van der Waals surface area (Å²) in [6, 6.07) is 2.40. The molecule has 1 saturated carbocycles. The van der Waals surface area contributed by atoms with Crippen molar-refractivity contribution in [2.24, 2.45) is 11.1 Å². The molecule has 1 aliphatic carbocycles. The van der Waals surface area contributed by atoms with Crippen molar-refractivity contribution in [1.29, 1.82) is 0 Å². The Hall–Kier alpha value is -1.83. The second-order valence-corrected chi connectivity index (χ2v) is 6.74. The minimum absolute atomic E-state index is 0.00979. The van der Waals surface area contributed by atoms with Crippen LogP contribution in [0.4, 0.5) is 13.2 Å². The second kappa shape index (κ2) is 5.91. The summed E-state index contributed by atoms with van der Waals surface area (Å²) in [5.41, 5.74) is 4.86. The van der Waals surface area contributed by atoms with Gasteiger partial charge in [0, 0.05) is 32.6 Å². The van der Waals surface area contributed by atoms with Gasteiger partial charge < -0.3 is 15.4 Å². The van der Waals surface area contributed by atoms with Crippen molar-refractivity contribution in [3.63, 3.8) is 0 Å². The van der Waals surface area contributed by atoms with E-state index in [-0.39, 0.29) is 29.9 Å². The molecule has 132 valence electrons. The Balaban J connectivity index is 1.65. The molecule has 0 aromatic carbocycles. The summed E-state index contributed by atoms with van der Waals surface area (Å²) in [5, 5.41) is 0. The minimum Gasteiger partial charge on any atom is -0.474 e. The molecule has 3 rings (SSSR count). The second-order valence-electron chi connectivity index (χ2n) is 6.74. The first-order valence-corrected chi connectivity index (χ1v) is 7.91. The molecule has 24 heavy (non-hydrogen) atoms. The van der Waals surface area contributed by atoms with E-state index < -0.39 is 11.9 Å². The fraction of sp³-hybridized carbons (Fsp3) is 0.625. The first-order chi connectivity index (χ1) is 11.2. The van der Waals surface area contributed by atoms with Crippen molar-refractivity contribution in [1.82, 2.24) is 9.88 Å². The van der Waals surface area contributed by atoms with E-state index in [4.69, 9.17) is 10.5 Å². The number of ether oxygens (including phenoxy) is 1. The zero-order valence-electron chi connectivity index (χ0n) is 13.4. The lowest BCUT2D eigenvalue weighted by molar-refractivity contribution is -0.141. The average molecular weight is 343 g/mol. The number of nitrogens with zero attached hydrogens (tertiary/aromatic N) is 2. The number of aromatic nitrogens is 1. The fourth-order valence-corrected chi connectivity index (χ4v) is 3.58. The smallest absolute Gasteiger partial charge is 0.433 e. The van der Waals surface area contributed by atoms with Gasteiger partial charge in [0.05, 0.1) is 0 Å². The topological polar surface area (TPSA) is 68.5 Å². The molecule has 1 aliphatic heterocycles. The number of rotatable bonds is 3. The average Bonchev–Trinajstić information content (AvgIpc) is 2.91. The molecule has 2 heterocycles. The maximum absolute atomic E-state index is 12.9. The number of carbonyl (C=O) groups is 1. The van der Waals surface area contributed by atoms with E-state index in [1.54, 1.807) is 6.92 Å². The standard InChI is InChI=1S/C16H20F3N3O2/c1-10(23)22-3-2-15(9-22)6-12(7-15)24-14-5-11(8-20)4-13(21-14)16(17,18)19/h4-5,12H,2-3,6-9,20H2,1H3. The van der Waals surface area contributed by atoms with Gasteiger partial charge in [-0.15, -0.1) is 0 Å². The van der Waals surface area contributed by atoms with Crippen molar-refractivity contribution in [2.75, 3.05) is 13.1 Å². The first-order valence-electron chi connectivity index (χ1n) is 7.91. The molecule has 1 spiro atoms. The van der Waals surface area contributed by atoms with Crippen LogP contribution in [0.2, 0.25) is 0 Å². The molecule has 2 fully saturated rings. The third-order valence-electron chi connectivity index (χ3n) is 4.88. The Bertz CT molecular complexity index is 642. The van der Waals surface area contributed by atoms with Crippen molar-refractivity contribution in [3.8, 4) is 5.88 Å². The van der Waals surface area contributed by atoms with Crippen LogP contribution >= 0.6 is 0 Å². The molecule has 2 aliphatic rings. The quantitative estimate of drug-likeness (QED) is 0.915. The fourth-order valence-electron chi connectivity index (χ4n) is 3.58. The lowest BCUT2D eigenvalue weighted by atomic mass is 9.66. The maximum atomic E-state index is 12.9. The first kappa shape index (κ1) is 17.0. The van der Waals surface area contributed by atoms with Gasteiger partial charge in [0.25, 0.3) is 0 Å². The molecule has 2 N–H and O–H groups in total. The van der Waals surface area contributed by atoms with Gasteiger partial charge in [-0.25, -0.2) is 4.98 Å². The summed E-state index contributed by atoms with van der Waals surface area (Å²) in [6.07, 6.45) is -2.33. The number of pyridine rings is 1. The zero-order chi connectivity index (χ0) is 17.5. The van der Waals surface area contributed by atoms with Gasteiger partial charge in [-0.3, -0.25) is 4.79 Å². The summed E-state index contributed by atoms with van der Waals surface area (Å²) in [4.78, 5) is 16.8. The van der Waals surface area contributed by atoms with Gasteiger partial charge in [-0.05, 0) is 36.3 Å². The van der Waals surface area contributed by atoms with E-state index >= 15 is 0 Å². The third kappa shape index (κ3) is 3.33. The lowest BCUT2D eigenvalue weighted by Gasteiger charge is -2.44. The molecule has 5 nitrogen and oxygen atoms in total. The number of nitrogens with two attached hydrogens (primary N) is 1. The van der Waals surface area contributed by atoms with Gasteiger partial charge in [-0.1, -0.05) is 0 Å². The molecule has 0 bridgehead atoms. The Kier molecular flexibility index (Phi) is 4.19. The van der Waals surface area contributed by atoms with Gasteiger partial charge in [0.2, 0.25) is 11.8 Å². The van der Waals surface area contributed by atoms with E-state index in [0.717, 1.165) is 31.9 Å². The lowest BCUT2D eigenvalue weighted by Crippen LogP contribution is -2.46. The van der Waals surface area contributed by atoms with E-state index in [0.29, 0.717) is 12.1 Å². The summed E-state index contributed by atoms with van der Waals surface area (Å²) in [5.74, 6) is 0.0231. The van der Waals surface area contributed by atoms with Crippen LogP contribution in [0.5, 0.6) is 5.88 Å². The number of halogens is 3. The molecule has 1 aromatic heterocycles. The Morgan fingerprint density at radius 2 is 2.17 bits per heavy atom. The summed E-state index contributed by atoms with van der Waals surface area (Å²) >= 11 is 0. The highest BCUT2D eigenvalue weighted by Gasteiger charge is 2.50. The van der Waals surface area contributed by atoms with E-state index in [1.807, 2.05) is 4.90 Å². The number of carbonyl (C=O) groups excluding carboxylic acids is 1. The Labute approximate surface area is 138 Å². The zero-order valence-corrected chi connectivity index (χ0v) is 13.4. The Morgan fingerprint density at radius 3 is 2.71 bits per heavy atom. The maximum Gasteiger partial charge on any atom is 0.433 e. The highest BCUT2D eigenvalue weighted by atomic mass is 19.4. The highest BCUT2D eigenvalue weighted by Crippen LogP contribution is 2.49. The number of amides is 1. The molecule has 8 heteroatoms. The number of alkyl halides is 3. The van der Waals surface area contributed by atoms with Crippen LogP contribution in [0.25, 0.3) is 0 Å². The number of hydrogen-bond acceptors (Lipinski definition) is 4. The molecule has 0 atom stereocenters. The highest BCUT2D eigenvalue weighted by molar-refractivity contribution is 5.73. The summed E-state index contributed by atoms with van der Waals surface area (Å²) in [7, 11) is 0. The molecule has 0 radical (unpaired) electrons. The SMILES string of the molecule is CC(=O)N1CCC2(CC(Oc3cc(CN)cc(C(F)(F)F)n3)C2)C1. The molecule has 1 saturated heterocycles. The number of likely N-dealkylation sites (tertiary alicyclic amines) is 1. The van der Waals surface area contributed by atoms with Crippen LogP contribution in [-0.2, 0) is 17.5 Å². The van der Waals surface area contributed by atoms with Crippen LogP contribution in [0, 0.1) is 5.41 Å². The van der Waals surface area contributed by atoms with E-state index in [1.165, 1.54) is 6.07 Å². The van der Waals surface area contributed by atoms with Gasteiger partial charge in [-0.2, -0.15) is 13.2 Å². The van der Waals surface area contributed by atoms with Crippen molar-refractivity contribution in [2.45, 2.75) is 45.0 Å². The van der Waals surface area contributed by atoms with Crippen LogP contribution in [0.1, 0.15) is 37.4 Å². The molecule has 0 unspecified atom stereocenters. The van der Waals surface area contributed by atoms with Crippen molar-refractivity contribution >= 4 is 5.91 Å². The molecule has 1 aromatic rings. The normalized spacial score (nSPS) is 26.5. The summed E-state index contributed by atoms with van der Waals surface area (Å²) < 4.78 is 44.3. The van der Waals surface area contributed by atoms with Crippen molar-refractivity contribution < 1.29 is 22.7 Å². The number of hydrogen-bond donors (Lipinski definition) is 1. The van der Waals surface area contributed by atoms with Crippen LogP contribution in [0.15, 0.2) is 12.1 Å². The molecular weight excluding hydrogens is 323 g/mol. The largest absolute Gasteiger partial charge is 0.474 e. The van der Waals surface area contributed by atoms with Crippen LogP contribution < -0.4 is 10.5 Å². The Morgan fingerprint density at radius 1 is 1.46 bits per heavy atom. The molecular formula is C16H20F3N3O2. The van der Waals surface area contributed by atoms with Gasteiger partial charge in [0.15, 0.2) is 0 Å². The summed E-state index contributed by atoms with van der Waals surface area (Å²) in [6.45, 7) is 2.98. The minimum atomic E-state index is -4.53. The van der Waals surface area contributed by atoms with Gasteiger partial charge >= 0.3 is 6.18 Å². The molecule has 1 amide bonds. The van der Waals surface area contributed by atoms with Gasteiger partial charge in [0.1, 0.15) is 11.8 Å². The predicted octanol–water partition coefficient (Wildman–Crippen LogP) is 2.34. The van der Waals surface area contributed by atoms with Crippen molar-refractivity contribution in [3.05, 3.63) is 23.4 Å². The third-order valence-corrected chi connectivity index (χ3v) is 4.88. The van der Waals surface area contributed by atoms with E-state index in [2.05, 4.69) is 4.98 Å². The monoisotopic (exact) mass is 343 g/mol. The van der Waals surface area contributed by atoms with E-state index in [9.17, 15) is 18.0 Å². The predicted molar refractivity (Wildman–Crippen MR) is 80.1 cm³/mol.